The van der Waals surface area contributed by atoms with Gasteiger partial charge in [0.1, 0.15) is 0 Å². The van der Waals surface area contributed by atoms with Crippen molar-refractivity contribution in [2.75, 3.05) is 25.0 Å². The van der Waals surface area contributed by atoms with E-state index in [0.717, 1.165) is 41.6 Å². The second-order valence-corrected chi connectivity index (χ2v) is 12.3. The van der Waals surface area contributed by atoms with E-state index in [1.54, 1.807) is 13.0 Å². The average Bonchev–Trinajstić information content (AvgIpc) is 3.45. The number of esters is 1. The Labute approximate surface area is 237 Å². The van der Waals surface area contributed by atoms with Crippen molar-refractivity contribution in [1.82, 2.24) is 9.29 Å². The van der Waals surface area contributed by atoms with Gasteiger partial charge in [-0.05, 0) is 48.6 Å². The summed E-state index contributed by atoms with van der Waals surface area (Å²) in [5, 5.41) is 4.88. The minimum atomic E-state index is -3.72. The fourth-order valence-electron chi connectivity index (χ4n) is 4.55. The topological polar surface area (TPSA) is 106 Å². The molecule has 0 saturated carbocycles. The molecule has 8 nitrogen and oxygen atoms in total. The molecule has 10 heteroatoms. The Kier molecular flexibility index (Phi) is 8.39. The van der Waals surface area contributed by atoms with Crippen molar-refractivity contribution in [2.45, 2.75) is 31.1 Å². The lowest BCUT2D eigenvalue weighted by Crippen LogP contribution is -2.36. The summed E-state index contributed by atoms with van der Waals surface area (Å²) in [6.45, 7) is 2.10. The Bertz CT molecular complexity index is 1610. The van der Waals surface area contributed by atoms with E-state index < -0.39 is 28.5 Å². The van der Waals surface area contributed by atoms with Gasteiger partial charge in [-0.25, -0.2) is 18.2 Å². The molecule has 0 radical (unpaired) electrons. The van der Waals surface area contributed by atoms with Crippen LogP contribution in [0.3, 0.4) is 0 Å². The fraction of sp³-hybridized carbons (Fsp3) is 0.233. The molecule has 0 aliphatic carbocycles. The summed E-state index contributed by atoms with van der Waals surface area (Å²) >= 11 is 1.27. The molecule has 1 aliphatic rings. The Morgan fingerprint density at radius 1 is 0.925 bits per heavy atom. The highest BCUT2D eigenvalue weighted by Crippen LogP contribution is 2.28. The third-order valence-corrected chi connectivity index (χ3v) is 9.53. The number of nitrogens with one attached hydrogen (secondary N) is 1. The van der Waals surface area contributed by atoms with Gasteiger partial charge in [0.15, 0.2) is 11.7 Å². The van der Waals surface area contributed by atoms with Crippen LogP contribution in [0.1, 0.15) is 35.2 Å². The molecule has 1 aliphatic heterocycles. The number of nitrogens with zero attached hydrogens (tertiary/aromatic N) is 2. The summed E-state index contributed by atoms with van der Waals surface area (Å²) in [5.41, 5.74) is 4.48. The van der Waals surface area contributed by atoms with Gasteiger partial charge in [0.2, 0.25) is 10.0 Å². The quantitative estimate of drug-likeness (QED) is 0.268. The third-order valence-electron chi connectivity index (χ3n) is 6.73. The normalized spacial score (nSPS) is 14.0. The Balaban J connectivity index is 1.18. The van der Waals surface area contributed by atoms with Crippen LogP contribution in [0.15, 0.2) is 83.1 Å². The number of aryl methyl sites for hydroxylation is 1. The molecule has 0 bridgehead atoms. The number of carbonyl (C=O) groups excluding carboxylic acids is 2. The van der Waals surface area contributed by atoms with Gasteiger partial charge in [-0.15, -0.1) is 11.3 Å². The van der Waals surface area contributed by atoms with E-state index >= 15 is 0 Å². The lowest BCUT2D eigenvalue weighted by Gasteiger charge is -2.26. The first-order valence-corrected chi connectivity index (χ1v) is 15.3. The van der Waals surface area contributed by atoms with Gasteiger partial charge in [-0.1, -0.05) is 67.1 Å². The van der Waals surface area contributed by atoms with E-state index in [1.165, 1.54) is 27.8 Å². The molecule has 1 aromatic heterocycles. The van der Waals surface area contributed by atoms with E-state index in [9.17, 15) is 18.0 Å². The van der Waals surface area contributed by atoms with Crippen molar-refractivity contribution in [1.29, 1.82) is 0 Å². The van der Waals surface area contributed by atoms with E-state index in [1.807, 2.05) is 60.0 Å². The maximum atomic E-state index is 13.1. The zero-order chi connectivity index (χ0) is 28.1. The molecule has 0 spiro atoms. The first-order chi connectivity index (χ1) is 19.3. The number of hydrogen-bond acceptors (Lipinski definition) is 7. The minimum Gasteiger partial charge on any atom is -0.452 e. The molecular weight excluding hydrogens is 546 g/mol. The summed E-state index contributed by atoms with van der Waals surface area (Å²) in [4.78, 5) is 29.7. The van der Waals surface area contributed by atoms with Gasteiger partial charge in [-0.3, -0.25) is 10.1 Å². The van der Waals surface area contributed by atoms with Crippen LogP contribution in [-0.4, -0.2) is 49.3 Å². The van der Waals surface area contributed by atoms with Gasteiger partial charge < -0.3 is 4.74 Å². The first-order valence-electron chi connectivity index (χ1n) is 13.0. The molecule has 1 saturated heterocycles. The van der Waals surface area contributed by atoms with E-state index in [2.05, 4.69) is 10.3 Å². The predicted octanol–water partition coefficient (Wildman–Crippen LogP) is 5.76. The smallest absolute Gasteiger partial charge is 0.338 e. The maximum Gasteiger partial charge on any atom is 0.338 e. The Hall–Kier alpha value is -3.86. The van der Waals surface area contributed by atoms with Crippen LogP contribution in [0.2, 0.25) is 0 Å². The first kappa shape index (κ1) is 27.7. The molecule has 4 aromatic rings. The van der Waals surface area contributed by atoms with E-state index in [-0.39, 0.29) is 10.5 Å². The molecule has 0 atom stereocenters. The highest BCUT2D eigenvalue weighted by molar-refractivity contribution is 7.89. The van der Waals surface area contributed by atoms with Crippen molar-refractivity contribution in [3.8, 4) is 22.4 Å². The Morgan fingerprint density at radius 2 is 1.60 bits per heavy atom. The molecular formula is C30H29N3O5S2. The molecule has 1 fully saturated rings. The summed E-state index contributed by atoms with van der Waals surface area (Å²) in [6.07, 6.45) is 2.64. The SMILES string of the molecule is Cc1ccc(C(=O)OCC(=O)Nc2nc(-c3ccc(-c4ccccc4)cc3)cs2)cc1S(=O)(=O)N1CCCCC1. The second-order valence-electron chi connectivity index (χ2n) is 9.55. The molecule has 40 heavy (non-hydrogen) atoms. The molecule has 5 rings (SSSR count). The fourth-order valence-corrected chi connectivity index (χ4v) is 7.05. The molecule has 0 unspecified atom stereocenters. The number of aromatic nitrogens is 1. The average molecular weight is 576 g/mol. The third kappa shape index (κ3) is 6.30. The van der Waals surface area contributed by atoms with Crippen LogP contribution < -0.4 is 5.32 Å². The van der Waals surface area contributed by atoms with Crippen molar-refractivity contribution >= 4 is 38.4 Å². The number of ether oxygens (including phenoxy) is 1. The number of carbonyl (C=O) groups is 2. The standard InChI is InChI=1S/C30H29N3O5S2/c1-21-10-11-25(18-27(21)40(36,37)33-16-6-3-7-17-33)29(35)38-19-28(34)32-30-31-26(20-39-30)24-14-12-23(13-15-24)22-8-4-2-5-9-22/h2,4-5,8-15,18,20H,3,6-7,16-17,19H2,1H3,(H,31,32,34). The van der Waals surface area contributed by atoms with Gasteiger partial charge in [0, 0.05) is 24.0 Å². The molecule has 3 aromatic carbocycles. The summed E-state index contributed by atoms with van der Waals surface area (Å²) < 4.78 is 32.9. The lowest BCUT2D eigenvalue weighted by atomic mass is 10.0. The van der Waals surface area contributed by atoms with Crippen molar-refractivity contribution < 1.29 is 22.7 Å². The molecule has 1 amide bonds. The van der Waals surface area contributed by atoms with Crippen LogP contribution in [-0.2, 0) is 19.6 Å². The van der Waals surface area contributed by atoms with Crippen LogP contribution in [0.25, 0.3) is 22.4 Å². The number of sulfonamides is 1. The number of piperidine rings is 1. The van der Waals surface area contributed by atoms with Crippen LogP contribution in [0.5, 0.6) is 0 Å². The number of rotatable bonds is 8. The predicted molar refractivity (Wildman–Crippen MR) is 156 cm³/mol. The zero-order valence-corrected chi connectivity index (χ0v) is 23.6. The van der Waals surface area contributed by atoms with Crippen LogP contribution >= 0.6 is 11.3 Å². The number of anilines is 1. The second kappa shape index (κ2) is 12.1. The number of benzene rings is 3. The summed E-state index contributed by atoms with van der Waals surface area (Å²) in [5.74, 6) is -1.31. The summed E-state index contributed by atoms with van der Waals surface area (Å²) in [7, 11) is -3.72. The molecule has 1 N–H and O–H groups in total. The number of thiazole rings is 1. The Morgan fingerprint density at radius 3 is 2.33 bits per heavy atom. The number of amides is 1. The van der Waals surface area contributed by atoms with E-state index in [4.69, 9.17) is 4.74 Å². The largest absolute Gasteiger partial charge is 0.452 e. The van der Waals surface area contributed by atoms with Gasteiger partial charge in [0.25, 0.3) is 5.91 Å². The van der Waals surface area contributed by atoms with Gasteiger partial charge in [-0.2, -0.15) is 4.31 Å². The van der Waals surface area contributed by atoms with Crippen molar-refractivity contribution in [2.24, 2.45) is 0 Å². The van der Waals surface area contributed by atoms with Gasteiger partial charge >= 0.3 is 5.97 Å². The number of hydrogen-bond donors (Lipinski definition) is 1. The van der Waals surface area contributed by atoms with Gasteiger partial charge in [0.05, 0.1) is 16.2 Å². The highest BCUT2D eigenvalue weighted by atomic mass is 32.2. The van der Waals surface area contributed by atoms with E-state index in [0.29, 0.717) is 23.8 Å². The van der Waals surface area contributed by atoms with Crippen LogP contribution in [0.4, 0.5) is 5.13 Å². The van der Waals surface area contributed by atoms with Crippen molar-refractivity contribution in [3.05, 3.63) is 89.3 Å². The lowest BCUT2D eigenvalue weighted by molar-refractivity contribution is -0.119. The maximum absolute atomic E-state index is 13.1. The van der Waals surface area contributed by atoms with Crippen molar-refractivity contribution in [3.63, 3.8) is 0 Å². The monoisotopic (exact) mass is 575 g/mol. The summed E-state index contributed by atoms with van der Waals surface area (Å²) in [6, 6.07) is 22.5. The molecule has 2 heterocycles. The minimum absolute atomic E-state index is 0.0736. The molecule has 206 valence electrons. The van der Waals surface area contributed by atoms with Crippen LogP contribution in [0, 0.1) is 6.92 Å². The highest BCUT2D eigenvalue weighted by Gasteiger charge is 2.28. The zero-order valence-electron chi connectivity index (χ0n) is 22.0.